The molecule has 0 spiro atoms. The molecule has 1 aromatic rings. The van der Waals surface area contributed by atoms with Gasteiger partial charge in [-0.05, 0) is 74.2 Å². The highest BCUT2D eigenvalue weighted by molar-refractivity contribution is 9.10. The monoisotopic (exact) mass is 384 g/mol. The second kappa shape index (κ2) is 7.43. The van der Waals surface area contributed by atoms with Crippen molar-refractivity contribution in [3.63, 3.8) is 0 Å². The van der Waals surface area contributed by atoms with Gasteiger partial charge in [0.15, 0.2) is 0 Å². The van der Waals surface area contributed by atoms with Crippen LogP contribution in [0.2, 0.25) is 0 Å². The highest BCUT2D eigenvalue weighted by atomic mass is 79.9. The molecule has 0 saturated carbocycles. The van der Waals surface area contributed by atoms with Crippen molar-refractivity contribution >= 4 is 27.7 Å². The molecule has 1 saturated heterocycles. The Morgan fingerprint density at radius 3 is 2.78 bits per heavy atom. The molecule has 23 heavy (non-hydrogen) atoms. The molecule has 0 bridgehead atoms. The predicted molar refractivity (Wildman–Crippen MR) is 94.6 cm³/mol. The van der Waals surface area contributed by atoms with Gasteiger partial charge in [0, 0.05) is 12.2 Å². The summed E-state index contributed by atoms with van der Waals surface area (Å²) in [7, 11) is 0. The number of halogens is 1. The minimum Gasteiger partial charge on any atom is -0.490 e. The van der Waals surface area contributed by atoms with Crippen LogP contribution in [0.15, 0.2) is 22.7 Å². The maximum Gasteiger partial charge on any atom is 0.410 e. The zero-order valence-electron chi connectivity index (χ0n) is 14.0. The highest BCUT2D eigenvalue weighted by Crippen LogP contribution is 2.28. The molecule has 128 valence electrons. The maximum absolute atomic E-state index is 12.4. The third kappa shape index (κ3) is 5.30. The Kier molecular flexibility index (Phi) is 5.79. The van der Waals surface area contributed by atoms with E-state index >= 15 is 0 Å². The highest BCUT2D eigenvalue weighted by Gasteiger charge is 2.30. The van der Waals surface area contributed by atoms with Crippen LogP contribution in [0.4, 0.5) is 10.5 Å². The number of nitrogens with two attached hydrogens (primary N) is 1. The molecule has 2 N–H and O–H groups in total. The van der Waals surface area contributed by atoms with E-state index in [4.69, 9.17) is 15.2 Å². The van der Waals surface area contributed by atoms with Crippen LogP contribution in [0.1, 0.15) is 40.0 Å². The summed E-state index contributed by atoms with van der Waals surface area (Å²) < 4.78 is 12.2. The van der Waals surface area contributed by atoms with Crippen LogP contribution in [0.5, 0.6) is 5.75 Å². The third-order valence-electron chi connectivity index (χ3n) is 3.64. The molecular formula is C17H25BrN2O3. The average Bonchev–Trinajstić information content (AvgIpc) is 2.45. The van der Waals surface area contributed by atoms with E-state index in [0.29, 0.717) is 18.8 Å². The van der Waals surface area contributed by atoms with Gasteiger partial charge in [-0.1, -0.05) is 0 Å². The van der Waals surface area contributed by atoms with Crippen LogP contribution < -0.4 is 10.5 Å². The van der Waals surface area contributed by atoms with E-state index in [0.717, 1.165) is 29.5 Å². The van der Waals surface area contributed by atoms with Crippen LogP contribution in [-0.4, -0.2) is 35.8 Å². The number of hydrogen-bond donors (Lipinski definition) is 1. The van der Waals surface area contributed by atoms with Crippen LogP contribution in [0, 0.1) is 0 Å². The lowest BCUT2D eigenvalue weighted by Gasteiger charge is -2.36. The molecule has 1 atom stereocenters. The number of likely N-dealkylation sites (tertiary alicyclic amines) is 1. The number of amides is 1. The first-order valence-electron chi connectivity index (χ1n) is 7.94. The van der Waals surface area contributed by atoms with Gasteiger partial charge in [0.2, 0.25) is 0 Å². The summed E-state index contributed by atoms with van der Waals surface area (Å²) >= 11 is 3.45. The summed E-state index contributed by atoms with van der Waals surface area (Å²) in [5.41, 5.74) is 5.92. The van der Waals surface area contributed by atoms with E-state index < -0.39 is 5.60 Å². The van der Waals surface area contributed by atoms with Crippen molar-refractivity contribution in [3.05, 3.63) is 22.7 Å². The lowest BCUT2D eigenvalue weighted by atomic mass is 10.0. The third-order valence-corrected chi connectivity index (χ3v) is 4.26. The molecule has 0 unspecified atom stereocenters. The molecule has 1 amide bonds. The molecule has 1 aliphatic heterocycles. The number of benzene rings is 1. The fourth-order valence-electron chi connectivity index (χ4n) is 2.55. The van der Waals surface area contributed by atoms with Gasteiger partial charge in [0.1, 0.15) is 18.0 Å². The number of carbonyl (C=O) groups excluding carboxylic acids is 1. The van der Waals surface area contributed by atoms with Crippen molar-refractivity contribution in [1.82, 2.24) is 4.90 Å². The summed E-state index contributed by atoms with van der Waals surface area (Å²) in [6.07, 6.45) is 2.76. The fraction of sp³-hybridized carbons (Fsp3) is 0.588. The Morgan fingerprint density at radius 1 is 1.39 bits per heavy atom. The van der Waals surface area contributed by atoms with Crippen molar-refractivity contribution < 1.29 is 14.3 Å². The van der Waals surface area contributed by atoms with Gasteiger partial charge >= 0.3 is 6.09 Å². The van der Waals surface area contributed by atoms with E-state index in [9.17, 15) is 4.79 Å². The predicted octanol–water partition coefficient (Wildman–Crippen LogP) is 4.20. The van der Waals surface area contributed by atoms with Gasteiger partial charge in [0.25, 0.3) is 0 Å². The normalized spacial score (nSPS) is 18.6. The second-order valence-electron chi connectivity index (χ2n) is 6.82. The van der Waals surface area contributed by atoms with Gasteiger partial charge in [-0.25, -0.2) is 4.79 Å². The van der Waals surface area contributed by atoms with E-state index in [-0.39, 0.29) is 12.1 Å². The zero-order valence-corrected chi connectivity index (χ0v) is 15.6. The topological polar surface area (TPSA) is 64.8 Å². The molecule has 0 aliphatic carbocycles. The minimum absolute atomic E-state index is 0.0306. The Labute approximate surface area is 146 Å². The fourth-order valence-corrected chi connectivity index (χ4v) is 3.07. The Hall–Kier alpha value is -1.43. The lowest BCUT2D eigenvalue weighted by Crippen LogP contribution is -2.48. The van der Waals surface area contributed by atoms with Gasteiger partial charge in [-0.2, -0.15) is 0 Å². The summed E-state index contributed by atoms with van der Waals surface area (Å²) in [6, 6.07) is 5.47. The number of carbonyl (C=O) groups is 1. The van der Waals surface area contributed by atoms with E-state index in [1.54, 1.807) is 11.0 Å². The maximum atomic E-state index is 12.4. The van der Waals surface area contributed by atoms with Crippen molar-refractivity contribution in [2.45, 2.75) is 51.7 Å². The summed E-state index contributed by atoms with van der Waals surface area (Å²) in [4.78, 5) is 14.2. The quantitative estimate of drug-likeness (QED) is 0.792. The molecule has 6 heteroatoms. The van der Waals surface area contributed by atoms with Crippen molar-refractivity contribution in [2.24, 2.45) is 0 Å². The number of piperidine rings is 1. The Balaban J connectivity index is 1.99. The molecule has 1 heterocycles. The second-order valence-corrected chi connectivity index (χ2v) is 7.68. The number of nitrogens with zero attached hydrogens (tertiary/aromatic N) is 1. The van der Waals surface area contributed by atoms with Crippen molar-refractivity contribution in [2.75, 3.05) is 18.9 Å². The molecule has 1 aromatic carbocycles. The first kappa shape index (κ1) is 17.9. The summed E-state index contributed by atoms with van der Waals surface area (Å²) in [5, 5.41) is 0. The van der Waals surface area contributed by atoms with Crippen molar-refractivity contribution in [1.29, 1.82) is 0 Å². The minimum atomic E-state index is -0.486. The Bertz CT molecular complexity index is 557. The first-order valence-corrected chi connectivity index (χ1v) is 8.73. The van der Waals surface area contributed by atoms with Gasteiger partial charge in [-0.15, -0.1) is 0 Å². The van der Waals surface area contributed by atoms with E-state index in [1.807, 2.05) is 32.9 Å². The number of rotatable bonds is 3. The van der Waals surface area contributed by atoms with Crippen molar-refractivity contribution in [3.8, 4) is 5.75 Å². The van der Waals surface area contributed by atoms with Crippen LogP contribution >= 0.6 is 15.9 Å². The number of ether oxygens (including phenoxy) is 2. The molecule has 1 fully saturated rings. The lowest BCUT2D eigenvalue weighted by molar-refractivity contribution is 0.00357. The first-order chi connectivity index (χ1) is 10.8. The standard InChI is InChI=1S/C17H25BrN2O3/c1-17(2,3)23-16(21)20-9-5-4-6-13(20)11-22-15-8-7-12(19)10-14(15)18/h7-8,10,13H,4-6,9,11,19H2,1-3H3/t13-/m0/s1. The number of anilines is 1. The van der Waals surface area contributed by atoms with Crippen LogP contribution in [0.3, 0.4) is 0 Å². The molecular weight excluding hydrogens is 360 g/mol. The van der Waals surface area contributed by atoms with Gasteiger partial charge in [0.05, 0.1) is 10.5 Å². The van der Waals surface area contributed by atoms with Gasteiger partial charge in [-0.3, -0.25) is 0 Å². The molecule has 1 aliphatic rings. The summed E-state index contributed by atoms with van der Waals surface area (Å²) in [5.74, 6) is 0.730. The Morgan fingerprint density at radius 2 is 2.13 bits per heavy atom. The SMILES string of the molecule is CC(C)(C)OC(=O)N1CCCC[C@H]1COc1ccc(N)cc1Br. The van der Waals surface area contributed by atoms with Gasteiger partial charge < -0.3 is 20.1 Å². The molecule has 0 aromatic heterocycles. The number of hydrogen-bond acceptors (Lipinski definition) is 4. The molecule has 0 radical (unpaired) electrons. The molecule has 2 rings (SSSR count). The summed E-state index contributed by atoms with van der Waals surface area (Å²) in [6.45, 7) is 6.80. The van der Waals surface area contributed by atoms with Crippen LogP contribution in [-0.2, 0) is 4.74 Å². The average molecular weight is 385 g/mol. The largest absolute Gasteiger partial charge is 0.490 e. The van der Waals surface area contributed by atoms with E-state index in [1.165, 1.54) is 0 Å². The zero-order chi connectivity index (χ0) is 17.0. The smallest absolute Gasteiger partial charge is 0.410 e. The number of nitrogen functional groups attached to an aromatic ring is 1. The molecule has 5 nitrogen and oxygen atoms in total. The van der Waals surface area contributed by atoms with E-state index in [2.05, 4.69) is 15.9 Å². The van der Waals surface area contributed by atoms with Crippen LogP contribution in [0.25, 0.3) is 0 Å².